The zero-order chi connectivity index (χ0) is 14.4. The molecule has 1 heterocycles. The van der Waals surface area contributed by atoms with Crippen molar-refractivity contribution in [3.8, 4) is 5.88 Å². The molecule has 0 fully saturated rings. The van der Waals surface area contributed by atoms with Crippen LogP contribution in [0, 0.1) is 11.8 Å². The van der Waals surface area contributed by atoms with E-state index in [9.17, 15) is 0 Å². The molecule has 2 N–H and O–H groups in total. The molecule has 2 unspecified atom stereocenters. The summed E-state index contributed by atoms with van der Waals surface area (Å²) in [5.41, 5.74) is 7.94. The van der Waals surface area contributed by atoms with Crippen LogP contribution < -0.4 is 10.5 Å². The Labute approximate surface area is 122 Å². The number of nitrogens with zero attached hydrogens (tertiary/aromatic N) is 1. The van der Waals surface area contributed by atoms with Crippen LogP contribution in [0.25, 0.3) is 0 Å². The minimum Gasteiger partial charge on any atom is -0.477 e. The van der Waals surface area contributed by atoms with E-state index in [-0.39, 0.29) is 0 Å². The molecule has 0 aromatic carbocycles. The molecule has 2 rings (SSSR count). The lowest BCUT2D eigenvalue weighted by Gasteiger charge is -2.25. The Morgan fingerprint density at radius 2 is 2.10 bits per heavy atom. The predicted molar refractivity (Wildman–Crippen MR) is 82.6 cm³/mol. The van der Waals surface area contributed by atoms with Crippen LogP contribution >= 0.6 is 0 Å². The number of rotatable bonds is 6. The molecule has 110 valence electrons. The second-order valence-corrected chi connectivity index (χ2v) is 5.75. The Hall–Kier alpha value is -1.35. The molecule has 1 aromatic heterocycles. The minimum absolute atomic E-state index is 0.540. The van der Waals surface area contributed by atoms with Gasteiger partial charge in [0.1, 0.15) is 0 Å². The predicted octanol–water partition coefficient (Wildman–Crippen LogP) is 3.47. The molecular weight excluding hydrogens is 248 g/mol. The summed E-state index contributed by atoms with van der Waals surface area (Å²) in [6.45, 7) is 5.74. The molecule has 0 bridgehead atoms. The lowest BCUT2D eigenvalue weighted by molar-refractivity contribution is 0.192. The average Bonchev–Trinajstić information content (AvgIpc) is 2.46. The van der Waals surface area contributed by atoms with E-state index < -0.39 is 0 Å². The molecule has 0 amide bonds. The number of hydrogen-bond donors (Lipinski definition) is 1. The zero-order valence-corrected chi connectivity index (χ0v) is 12.6. The number of hydrogen-bond acceptors (Lipinski definition) is 3. The molecular formula is C17H26N2O. The highest BCUT2D eigenvalue weighted by atomic mass is 16.5. The summed E-state index contributed by atoms with van der Waals surface area (Å²) in [5.74, 6) is 2.02. The van der Waals surface area contributed by atoms with Crippen LogP contribution in [0.5, 0.6) is 5.88 Å². The van der Waals surface area contributed by atoms with Gasteiger partial charge in [0.15, 0.2) is 0 Å². The quantitative estimate of drug-likeness (QED) is 0.808. The standard InChI is InChI=1S/C17H26N2O/c1-3-6-16-9-14(11-18)10-17(19-16)20-12-15-8-5-4-7-13(15)2/h4-5,9-10,13,15H,3,6-8,11-12,18H2,1-2H3. The molecule has 0 radical (unpaired) electrons. The van der Waals surface area contributed by atoms with Gasteiger partial charge in [0.2, 0.25) is 5.88 Å². The van der Waals surface area contributed by atoms with Gasteiger partial charge >= 0.3 is 0 Å². The number of allylic oxidation sites excluding steroid dienone is 2. The van der Waals surface area contributed by atoms with Crippen LogP contribution in [0.1, 0.15) is 44.4 Å². The van der Waals surface area contributed by atoms with Gasteiger partial charge in [-0.05, 0) is 42.7 Å². The first-order valence-corrected chi connectivity index (χ1v) is 7.70. The first kappa shape index (κ1) is 15.0. The van der Waals surface area contributed by atoms with E-state index >= 15 is 0 Å². The number of aryl methyl sites for hydroxylation is 1. The fraction of sp³-hybridized carbons (Fsp3) is 0.588. The van der Waals surface area contributed by atoms with Crippen molar-refractivity contribution in [3.05, 3.63) is 35.5 Å². The smallest absolute Gasteiger partial charge is 0.213 e. The fourth-order valence-electron chi connectivity index (χ4n) is 2.63. The molecule has 3 nitrogen and oxygen atoms in total. The third-order valence-corrected chi connectivity index (χ3v) is 4.02. The summed E-state index contributed by atoms with van der Waals surface area (Å²) in [4.78, 5) is 4.58. The van der Waals surface area contributed by atoms with Gasteiger partial charge in [-0.2, -0.15) is 0 Å². The summed E-state index contributed by atoms with van der Waals surface area (Å²) < 4.78 is 5.94. The highest BCUT2D eigenvalue weighted by molar-refractivity contribution is 5.25. The number of ether oxygens (including phenoxy) is 1. The van der Waals surface area contributed by atoms with Crippen LogP contribution in [-0.2, 0) is 13.0 Å². The van der Waals surface area contributed by atoms with E-state index in [4.69, 9.17) is 10.5 Å². The highest BCUT2D eigenvalue weighted by Gasteiger charge is 2.19. The van der Waals surface area contributed by atoms with E-state index in [1.165, 1.54) is 0 Å². The second-order valence-electron chi connectivity index (χ2n) is 5.75. The fourth-order valence-corrected chi connectivity index (χ4v) is 2.63. The van der Waals surface area contributed by atoms with Crippen molar-refractivity contribution in [2.45, 2.75) is 46.1 Å². The van der Waals surface area contributed by atoms with Gasteiger partial charge < -0.3 is 10.5 Å². The summed E-state index contributed by atoms with van der Waals surface area (Å²) in [6, 6.07) is 4.06. The van der Waals surface area contributed by atoms with Crippen LogP contribution in [0.2, 0.25) is 0 Å². The molecule has 0 aliphatic heterocycles. The molecule has 0 spiro atoms. The van der Waals surface area contributed by atoms with Gasteiger partial charge in [0.05, 0.1) is 6.61 Å². The van der Waals surface area contributed by atoms with E-state index in [2.05, 4.69) is 37.0 Å². The maximum absolute atomic E-state index is 5.94. The maximum Gasteiger partial charge on any atom is 0.213 e. The van der Waals surface area contributed by atoms with E-state index in [0.29, 0.717) is 18.4 Å². The van der Waals surface area contributed by atoms with Crippen molar-refractivity contribution >= 4 is 0 Å². The summed E-state index contributed by atoms with van der Waals surface area (Å²) >= 11 is 0. The molecule has 1 aromatic rings. The maximum atomic E-state index is 5.94. The van der Waals surface area contributed by atoms with Gasteiger partial charge in [-0.25, -0.2) is 4.98 Å². The van der Waals surface area contributed by atoms with Crippen LogP contribution in [0.15, 0.2) is 24.3 Å². The van der Waals surface area contributed by atoms with E-state index in [1.807, 2.05) is 6.07 Å². The molecule has 20 heavy (non-hydrogen) atoms. The third kappa shape index (κ3) is 4.07. The van der Waals surface area contributed by atoms with Crippen molar-refractivity contribution in [2.24, 2.45) is 17.6 Å². The summed E-state index contributed by atoms with van der Waals surface area (Å²) in [5, 5.41) is 0. The average molecular weight is 274 g/mol. The van der Waals surface area contributed by atoms with Crippen LogP contribution in [-0.4, -0.2) is 11.6 Å². The Bertz CT molecular complexity index is 456. The van der Waals surface area contributed by atoms with Gasteiger partial charge in [-0.1, -0.05) is 32.4 Å². The Kier molecular flexibility index (Phi) is 5.60. The number of nitrogens with two attached hydrogens (primary N) is 1. The Morgan fingerprint density at radius 1 is 1.30 bits per heavy atom. The van der Waals surface area contributed by atoms with Crippen molar-refractivity contribution in [3.63, 3.8) is 0 Å². The van der Waals surface area contributed by atoms with Gasteiger partial charge in [0.25, 0.3) is 0 Å². The Balaban J connectivity index is 2.00. The topological polar surface area (TPSA) is 48.1 Å². The van der Waals surface area contributed by atoms with Crippen molar-refractivity contribution in [1.29, 1.82) is 0 Å². The number of pyridine rings is 1. The van der Waals surface area contributed by atoms with Crippen LogP contribution in [0.4, 0.5) is 0 Å². The SMILES string of the molecule is CCCc1cc(CN)cc(OCC2CC=CCC2C)n1. The van der Waals surface area contributed by atoms with E-state index in [0.717, 1.165) is 49.4 Å². The molecule has 3 heteroatoms. The lowest BCUT2D eigenvalue weighted by atomic mass is 9.85. The van der Waals surface area contributed by atoms with E-state index in [1.54, 1.807) is 0 Å². The second kappa shape index (κ2) is 7.44. The largest absolute Gasteiger partial charge is 0.477 e. The Morgan fingerprint density at radius 3 is 2.80 bits per heavy atom. The first-order chi connectivity index (χ1) is 9.72. The van der Waals surface area contributed by atoms with Crippen molar-refractivity contribution < 1.29 is 4.74 Å². The van der Waals surface area contributed by atoms with Gasteiger partial charge in [0, 0.05) is 18.3 Å². The van der Waals surface area contributed by atoms with Gasteiger partial charge in [-0.15, -0.1) is 0 Å². The highest BCUT2D eigenvalue weighted by Crippen LogP contribution is 2.26. The number of aromatic nitrogens is 1. The van der Waals surface area contributed by atoms with Gasteiger partial charge in [-0.3, -0.25) is 0 Å². The summed E-state index contributed by atoms with van der Waals surface area (Å²) in [7, 11) is 0. The van der Waals surface area contributed by atoms with Crippen molar-refractivity contribution in [1.82, 2.24) is 4.98 Å². The molecule has 1 aliphatic carbocycles. The third-order valence-electron chi connectivity index (χ3n) is 4.02. The normalized spacial score (nSPS) is 21.9. The lowest BCUT2D eigenvalue weighted by Crippen LogP contribution is -2.21. The van der Waals surface area contributed by atoms with Crippen LogP contribution in [0.3, 0.4) is 0 Å². The van der Waals surface area contributed by atoms with Crippen molar-refractivity contribution in [2.75, 3.05) is 6.61 Å². The first-order valence-electron chi connectivity index (χ1n) is 7.70. The molecule has 1 aliphatic rings. The minimum atomic E-state index is 0.540. The molecule has 2 atom stereocenters. The molecule has 0 saturated carbocycles. The zero-order valence-electron chi connectivity index (χ0n) is 12.6. The molecule has 0 saturated heterocycles. The summed E-state index contributed by atoms with van der Waals surface area (Å²) in [6.07, 6.45) is 8.87. The monoisotopic (exact) mass is 274 g/mol.